The molecule has 0 bridgehead atoms. The van der Waals surface area contributed by atoms with Gasteiger partial charge in [0.25, 0.3) is 0 Å². The first-order valence-corrected chi connectivity index (χ1v) is 6.65. The van der Waals surface area contributed by atoms with Gasteiger partial charge in [0.2, 0.25) is 0 Å². The molecule has 0 saturated heterocycles. The molecule has 0 aliphatic rings. The minimum absolute atomic E-state index is 0.556. The highest BCUT2D eigenvalue weighted by molar-refractivity contribution is 5.85. The molecule has 0 fully saturated rings. The van der Waals surface area contributed by atoms with E-state index in [2.05, 4.69) is 4.98 Å². The van der Waals surface area contributed by atoms with E-state index < -0.39 is 0 Å². The van der Waals surface area contributed by atoms with Gasteiger partial charge in [-0.05, 0) is 31.2 Å². The number of nitrogens with two attached hydrogens (primary N) is 1. The second kappa shape index (κ2) is 5.32. The maximum Gasteiger partial charge on any atom is 0.154 e. The fourth-order valence-corrected chi connectivity index (χ4v) is 2.15. The van der Waals surface area contributed by atoms with Crippen molar-refractivity contribution >= 4 is 16.6 Å². The van der Waals surface area contributed by atoms with Gasteiger partial charge in [-0.25, -0.2) is 4.98 Å². The largest absolute Gasteiger partial charge is 0.497 e. The monoisotopic (exact) mass is 280 g/mol. The molecule has 1 aromatic heterocycles. The molecule has 21 heavy (non-hydrogen) atoms. The number of fused-ring (bicyclic) bond motifs is 1. The summed E-state index contributed by atoms with van der Waals surface area (Å²) in [5.74, 6) is 1.94. The lowest BCUT2D eigenvalue weighted by atomic mass is 10.2. The maximum atomic E-state index is 5.96. The second-order valence-corrected chi connectivity index (χ2v) is 4.79. The molecular formula is C17H16N2O2. The molecule has 3 rings (SSSR count). The van der Waals surface area contributed by atoms with Gasteiger partial charge in [-0.1, -0.05) is 18.2 Å². The van der Waals surface area contributed by atoms with Crippen LogP contribution < -0.4 is 15.2 Å². The Bertz CT molecular complexity index is 800. The Morgan fingerprint density at radius 2 is 1.86 bits per heavy atom. The van der Waals surface area contributed by atoms with Gasteiger partial charge in [-0.2, -0.15) is 0 Å². The van der Waals surface area contributed by atoms with E-state index in [1.807, 2.05) is 37.3 Å². The standard InChI is InChI=1S/C17H16N2O2/c1-11-6-7-12-4-3-5-15(17(12)19-11)21-16-10-13(20-2)8-9-14(16)18/h3-10H,18H2,1-2H3. The van der Waals surface area contributed by atoms with E-state index in [1.165, 1.54) is 0 Å². The number of nitrogens with zero attached hydrogens (tertiary/aromatic N) is 1. The van der Waals surface area contributed by atoms with Crippen LogP contribution in [0, 0.1) is 6.92 Å². The molecule has 4 nitrogen and oxygen atoms in total. The molecule has 0 aliphatic carbocycles. The molecule has 2 aromatic carbocycles. The van der Waals surface area contributed by atoms with Crippen LogP contribution in [0.2, 0.25) is 0 Å². The van der Waals surface area contributed by atoms with E-state index in [4.69, 9.17) is 15.2 Å². The Morgan fingerprint density at radius 1 is 1.00 bits per heavy atom. The lowest BCUT2D eigenvalue weighted by Gasteiger charge is -2.12. The van der Waals surface area contributed by atoms with Crippen molar-refractivity contribution < 1.29 is 9.47 Å². The fourth-order valence-electron chi connectivity index (χ4n) is 2.15. The zero-order chi connectivity index (χ0) is 14.8. The summed E-state index contributed by atoms with van der Waals surface area (Å²) in [4.78, 5) is 4.55. The van der Waals surface area contributed by atoms with Gasteiger partial charge in [-0.15, -0.1) is 0 Å². The van der Waals surface area contributed by atoms with Crippen molar-refractivity contribution in [3.05, 3.63) is 54.2 Å². The molecule has 2 N–H and O–H groups in total. The highest BCUT2D eigenvalue weighted by Gasteiger charge is 2.08. The molecule has 3 aromatic rings. The third kappa shape index (κ3) is 2.60. The summed E-state index contributed by atoms with van der Waals surface area (Å²) in [7, 11) is 1.61. The number of aromatic nitrogens is 1. The Labute approximate surface area is 123 Å². The third-order valence-electron chi connectivity index (χ3n) is 3.26. The number of nitrogen functional groups attached to an aromatic ring is 1. The second-order valence-electron chi connectivity index (χ2n) is 4.79. The van der Waals surface area contributed by atoms with Crippen molar-refractivity contribution in [2.24, 2.45) is 0 Å². The molecular weight excluding hydrogens is 264 g/mol. The average Bonchev–Trinajstić information content (AvgIpc) is 2.50. The van der Waals surface area contributed by atoms with Crippen LogP contribution in [0.15, 0.2) is 48.5 Å². The van der Waals surface area contributed by atoms with Crippen molar-refractivity contribution in [2.45, 2.75) is 6.92 Å². The van der Waals surface area contributed by atoms with E-state index >= 15 is 0 Å². The van der Waals surface area contributed by atoms with E-state index in [1.54, 1.807) is 25.3 Å². The highest BCUT2D eigenvalue weighted by Crippen LogP contribution is 2.34. The van der Waals surface area contributed by atoms with E-state index in [9.17, 15) is 0 Å². The number of hydrogen-bond donors (Lipinski definition) is 1. The molecule has 0 saturated carbocycles. The molecule has 0 spiro atoms. The van der Waals surface area contributed by atoms with Crippen molar-refractivity contribution in [1.82, 2.24) is 4.98 Å². The van der Waals surface area contributed by atoms with Gasteiger partial charge >= 0.3 is 0 Å². The van der Waals surface area contributed by atoms with Gasteiger partial charge in [0.15, 0.2) is 11.5 Å². The van der Waals surface area contributed by atoms with E-state index in [0.29, 0.717) is 22.9 Å². The number of methoxy groups -OCH3 is 1. The minimum Gasteiger partial charge on any atom is -0.497 e. The van der Waals surface area contributed by atoms with Gasteiger partial charge < -0.3 is 15.2 Å². The maximum absolute atomic E-state index is 5.96. The predicted octanol–water partition coefficient (Wildman–Crippen LogP) is 3.93. The number of benzene rings is 2. The van der Waals surface area contributed by atoms with Crippen LogP contribution in [0.1, 0.15) is 5.69 Å². The molecule has 0 amide bonds. The molecule has 106 valence electrons. The first-order valence-electron chi connectivity index (χ1n) is 6.65. The van der Waals surface area contributed by atoms with Crippen LogP contribution in [0.25, 0.3) is 10.9 Å². The van der Waals surface area contributed by atoms with Crippen molar-refractivity contribution in [3.8, 4) is 17.2 Å². The minimum atomic E-state index is 0.556. The van der Waals surface area contributed by atoms with Crippen LogP contribution in [0.5, 0.6) is 17.2 Å². The third-order valence-corrected chi connectivity index (χ3v) is 3.26. The molecule has 0 aliphatic heterocycles. The normalized spacial score (nSPS) is 10.6. The summed E-state index contributed by atoms with van der Waals surface area (Å²) in [6.45, 7) is 1.95. The topological polar surface area (TPSA) is 57.4 Å². The number of aryl methyl sites for hydroxylation is 1. The molecule has 4 heteroatoms. The average molecular weight is 280 g/mol. The molecule has 0 atom stereocenters. The summed E-state index contributed by atoms with van der Waals surface area (Å²) in [5.41, 5.74) is 8.28. The summed E-state index contributed by atoms with van der Waals surface area (Å²) in [5, 5.41) is 1.03. The molecule has 1 heterocycles. The number of rotatable bonds is 3. The van der Waals surface area contributed by atoms with Crippen LogP contribution in [-0.4, -0.2) is 12.1 Å². The number of pyridine rings is 1. The van der Waals surface area contributed by atoms with Crippen LogP contribution in [0.4, 0.5) is 5.69 Å². The lowest BCUT2D eigenvalue weighted by Crippen LogP contribution is -1.95. The van der Waals surface area contributed by atoms with E-state index in [-0.39, 0.29) is 0 Å². The Balaban J connectivity index is 2.08. The predicted molar refractivity (Wildman–Crippen MR) is 84.0 cm³/mol. The van der Waals surface area contributed by atoms with Crippen LogP contribution >= 0.6 is 0 Å². The van der Waals surface area contributed by atoms with E-state index in [0.717, 1.165) is 16.6 Å². The molecule has 0 radical (unpaired) electrons. The fraction of sp³-hybridized carbons (Fsp3) is 0.118. The zero-order valence-corrected chi connectivity index (χ0v) is 12.0. The summed E-state index contributed by atoms with van der Waals surface area (Å²) < 4.78 is 11.2. The SMILES string of the molecule is COc1ccc(N)c(Oc2cccc3ccc(C)nc23)c1. The van der Waals surface area contributed by atoms with Gasteiger partial charge in [-0.3, -0.25) is 0 Å². The van der Waals surface area contributed by atoms with Crippen molar-refractivity contribution in [3.63, 3.8) is 0 Å². The lowest BCUT2D eigenvalue weighted by molar-refractivity contribution is 0.409. The number of anilines is 1. The number of ether oxygens (including phenoxy) is 2. The smallest absolute Gasteiger partial charge is 0.154 e. The summed E-state index contributed by atoms with van der Waals surface area (Å²) >= 11 is 0. The quantitative estimate of drug-likeness (QED) is 0.739. The Morgan fingerprint density at radius 3 is 2.67 bits per heavy atom. The van der Waals surface area contributed by atoms with Gasteiger partial charge in [0.1, 0.15) is 11.3 Å². The van der Waals surface area contributed by atoms with Gasteiger partial charge in [0.05, 0.1) is 12.8 Å². The Hall–Kier alpha value is -2.75. The highest BCUT2D eigenvalue weighted by atomic mass is 16.5. The summed E-state index contributed by atoms with van der Waals surface area (Å²) in [6.07, 6.45) is 0. The van der Waals surface area contributed by atoms with Crippen molar-refractivity contribution in [1.29, 1.82) is 0 Å². The van der Waals surface area contributed by atoms with Crippen molar-refractivity contribution in [2.75, 3.05) is 12.8 Å². The number of para-hydroxylation sites is 1. The first kappa shape index (κ1) is 13.2. The van der Waals surface area contributed by atoms with Gasteiger partial charge in [0, 0.05) is 17.1 Å². The van der Waals surface area contributed by atoms with Crippen LogP contribution in [0.3, 0.4) is 0 Å². The molecule has 0 unspecified atom stereocenters. The first-order chi connectivity index (χ1) is 10.2. The Kier molecular flexibility index (Phi) is 3.36. The van der Waals surface area contributed by atoms with Crippen LogP contribution in [-0.2, 0) is 0 Å². The zero-order valence-electron chi connectivity index (χ0n) is 12.0. The number of hydrogen-bond acceptors (Lipinski definition) is 4. The summed E-state index contributed by atoms with van der Waals surface area (Å²) in [6, 6.07) is 15.2.